The summed E-state index contributed by atoms with van der Waals surface area (Å²) in [7, 11) is 3.10. The van der Waals surface area contributed by atoms with Crippen LogP contribution in [0.5, 0.6) is 11.5 Å². The first-order chi connectivity index (χ1) is 11.5. The fourth-order valence-corrected chi connectivity index (χ4v) is 2.87. The molecule has 1 fully saturated rings. The third-order valence-corrected chi connectivity index (χ3v) is 4.49. The summed E-state index contributed by atoms with van der Waals surface area (Å²) >= 11 is 0. The van der Waals surface area contributed by atoms with Gasteiger partial charge in [0, 0.05) is 26.1 Å². The van der Waals surface area contributed by atoms with E-state index in [9.17, 15) is 9.59 Å². The van der Waals surface area contributed by atoms with Crippen molar-refractivity contribution in [2.24, 2.45) is 5.92 Å². The molecule has 1 heterocycles. The second kappa shape index (κ2) is 8.04. The molecule has 0 N–H and O–H groups in total. The van der Waals surface area contributed by atoms with Crippen molar-refractivity contribution in [2.75, 3.05) is 38.8 Å². The molecule has 0 radical (unpaired) electrons. The van der Waals surface area contributed by atoms with E-state index in [2.05, 4.69) is 6.92 Å². The van der Waals surface area contributed by atoms with Crippen molar-refractivity contribution in [1.29, 1.82) is 0 Å². The highest BCUT2D eigenvalue weighted by Gasteiger charge is 2.25. The number of anilines is 1. The summed E-state index contributed by atoms with van der Waals surface area (Å²) in [6, 6.07) is 5.20. The minimum atomic E-state index is -0.197. The molecule has 0 aromatic heterocycles. The molecule has 0 unspecified atom stereocenters. The predicted molar refractivity (Wildman–Crippen MR) is 92.6 cm³/mol. The number of likely N-dealkylation sites (tertiary alicyclic amines) is 1. The molecule has 0 aliphatic carbocycles. The highest BCUT2D eigenvalue weighted by molar-refractivity contribution is 5.98. The van der Waals surface area contributed by atoms with Gasteiger partial charge in [-0.25, -0.2) is 0 Å². The topological polar surface area (TPSA) is 59.1 Å². The van der Waals surface area contributed by atoms with Crippen LogP contribution in [0.2, 0.25) is 0 Å². The minimum absolute atomic E-state index is 0.0202. The van der Waals surface area contributed by atoms with Crippen LogP contribution in [0.25, 0.3) is 0 Å². The summed E-state index contributed by atoms with van der Waals surface area (Å²) < 4.78 is 10.5. The van der Waals surface area contributed by atoms with Crippen LogP contribution in [0.3, 0.4) is 0 Å². The van der Waals surface area contributed by atoms with Crippen molar-refractivity contribution in [1.82, 2.24) is 4.90 Å². The predicted octanol–water partition coefficient (Wildman–Crippen LogP) is 2.32. The molecular weight excluding hydrogens is 308 g/mol. The number of carbonyl (C=O) groups excluding carboxylic acids is 2. The number of piperidine rings is 1. The third-order valence-electron chi connectivity index (χ3n) is 4.49. The van der Waals surface area contributed by atoms with Crippen LogP contribution in [0, 0.1) is 5.92 Å². The number of ether oxygens (including phenoxy) is 2. The lowest BCUT2D eigenvalue weighted by molar-refractivity contribution is -0.132. The van der Waals surface area contributed by atoms with Crippen LogP contribution in [0.4, 0.5) is 5.69 Å². The van der Waals surface area contributed by atoms with E-state index in [1.165, 1.54) is 18.9 Å². The molecule has 0 saturated carbocycles. The zero-order chi connectivity index (χ0) is 17.7. The second-order valence-electron chi connectivity index (χ2n) is 6.21. The van der Waals surface area contributed by atoms with Crippen molar-refractivity contribution in [3.8, 4) is 11.5 Å². The normalized spacial score (nSPS) is 15.1. The van der Waals surface area contributed by atoms with Crippen LogP contribution in [-0.4, -0.2) is 50.6 Å². The van der Waals surface area contributed by atoms with Crippen molar-refractivity contribution < 1.29 is 19.1 Å². The quantitative estimate of drug-likeness (QED) is 0.829. The molecule has 0 atom stereocenters. The van der Waals surface area contributed by atoms with Gasteiger partial charge < -0.3 is 14.4 Å². The largest absolute Gasteiger partial charge is 0.497 e. The molecule has 6 nitrogen and oxygen atoms in total. The van der Waals surface area contributed by atoms with Gasteiger partial charge in [-0.1, -0.05) is 6.92 Å². The van der Waals surface area contributed by atoms with Crippen LogP contribution >= 0.6 is 0 Å². The van der Waals surface area contributed by atoms with E-state index in [4.69, 9.17) is 9.47 Å². The Morgan fingerprint density at radius 2 is 1.88 bits per heavy atom. The Hall–Kier alpha value is -2.24. The number of carbonyl (C=O) groups is 2. The lowest BCUT2D eigenvalue weighted by atomic mass is 9.99. The van der Waals surface area contributed by atoms with Crippen LogP contribution < -0.4 is 14.4 Å². The molecule has 1 aromatic carbocycles. The smallest absolute Gasteiger partial charge is 0.242 e. The fraction of sp³-hybridized carbons (Fsp3) is 0.556. The molecule has 24 heavy (non-hydrogen) atoms. The van der Waals surface area contributed by atoms with Gasteiger partial charge in [0.15, 0.2) is 0 Å². The highest BCUT2D eigenvalue weighted by Crippen LogP contribution is 2.32. The first-order valence-electron chi connectivity index (χ1n) is 8.24. The van der Waals surface area contributed by atoms with Crippen molar-refractivity contribution in [2.45, 2.75) is 26.7 Å². The number of methoxy groups -OCH3 is 2. The van der Waals surface area contributed by atoms with Gasteiger partial charge in [0.1, 0.15) is 18.0 Å². The summed E-state index contributed by atoms with van der Waals surface area (Å²) in [5, 5.41) is 0. The zero-order valence-corrected chi connectivity index (χ0v) is 14.9. The molecule has 0 bridgehead atoms. The molecule has 1 aliphatic rings. The summed E-state index contributed by atoms with van der Waals surface area (Å²) in [6.07, 6.45) is 2.02. The van der Waals surface area contributed by atoms with Gasteiger partial charge in [0.2, 0.25) is 11.8 Å². The number of hydrogen-bond donors (Lipinski definition) is 0. The van der Waals surface area contributed by atoms with Crippen LogP contribution in [-0.2, 0) is 9.59 Å². The Morgan fingerprint density at radius 3 is 2.42 bits per heavy atom. The van der Waals surface area contributed by atoms with E-state index in [1.807, 2.05) is 4.90 Å². The summed E-state index contributed by atoms with van der Waals surface area (Å²) in [4.78, 5) is 28.0. The molecule has 132 valence electrons. The number of hydrogen-bond acceptors (Lipinski definition) is 4. The second-order valence-corrected chi connectivity index (χ2v) is 6.21. The Morgan fingerprint density at radius 1 is 1.21 bits per heavy atom. The van der Waals surface area contributed by atoms with Gasteiger partial charge in [0.05, 0.1) is 19.9 Å². The summed E-state index contributed by atoms with van der Waals surface area (Å²) in [5.74, 6) is 1.56. The monoisotopic (exact) mass is 334 g/mol. The minimum Gasteiger partial charge on any atom is -0.497 e. The molecule has 2 rings (SSSR count). The van der Waals surface area contributed by atoms with E-state index in [0.717, 1.165) is 25.9 Å². The lowest BCUT2D eigenvalue weighted by Gasteiger charge is -2.32. The van der Waals surface area contributed by atoms with Crippen LogP contribution in [0.1, 0.15) is 26.7 Å². The molecule has 0 spiro atoms. The summed E-state index contributed by atoms with van der Waals surface area (Å²) in [5.41, 5.74) is 0.574. The Balaban J connectivity index is 2.18. The van der Waals surface area contributed by atoms with Crippen molar-refractivity contribution in [3.05, 3.63) is 18.2 Å². The van der Waals surface area contributed by atoms with Gasteiger partial charge in [-0.05, 0) is 30.9 Å². The standard InChI is InChI=1S/C18H26N2O4/c1-13-7-9-19(10-8-13)18(22)12-20(14(2)21)16-6-5-15(23-3)11-17(16)24-4/h5-6,11,13H,7-10,12H2,1-4H3. The fourth-order valence-electron chi connectivity index (χ4n) is 2.87. The molecular formula is C18H26N2O4. The maximum Gasteiger partial charge on any atom is 0.242 e. The average Bonchev–Trinajstić information content (AvgIpc) is 2.59. The maximum absolute atomic E-state index is 12.6. The van der Waals surface area contributed by atoms with E-state index < -0.39 is 0 Å². The first-order valence-corrected chi connectivity index (χ1v) is 8.24. The Labute approximate surface area is 143 Å². The van der Waals surface area contributed by atoms with Gasteiger partial charge in [-0.3, -0.25) is 14.5 Å². The molecule has 2 amide bonds. The molecule has 6 heteroatoms. The van der Waals surface area contributed by atoms with E-state index in [-0.39, 0.29) is 18.4 Å². The lowest BCUT2D eigenvalue weighted by Crippen LogP contribution is -2.45. The van der Waals surface area contributed by atoms with Crippen molar-refractivity contribution in [3.63, 3.8) is 0 Å². The van der Waals surface area contributed by atoms with Crippen LogP contribution in [0.15, 0.2) is 18.2 Å². The molecule has 1 aromatic rings. The van der Waals surface area contributed by atoms with Gasteiger partial charge in [-0.15, -0.1) is 0 Å². The van der Waals surface area contributed by atoms with Gasteiger partial charge in [0.25, 0.3) is 0 Å². The number of nitrogens with zero attached hydrogens (tertiary/aromatic N) is 2. The zero-order valence-electron chi connectivity index (χ0n) is 14.9. The summed E-state index contributed by atoms with van der Waals surface area (Å²) in [6.45, 7) is 5.19. The first kappa shape index (κ1) is 18.1. The number of amides is 2. The highest BCUT2D eigenvalue weighted by atomic mass is 16.5. The maximum atomic E-state index is 12.6. The van der Waals surface area contributed by atoms with E-state index in [1.54, 1.807) is 25.3 Å². The average molecular weight is 334 g/mol. The molecule has 1 aliphatic heterocycles. The number of rotatable bonds is 5. The Kier molecular flexibility index (Phi) is 6.06. The van der Waals surface area contributed by atoms with E-state index >= 15 is 0 Å². The molecule has 1 saturated heterocycles. The SMILES string of the molecule is COc1ccc(N(CC(=O)N2CCC(C)CC2)C(C)=O)c(OC)c1. The third kappa shape index (κ3) is 4.19. The number of benzene rings is 1. The van der Waals surface area contributed by atoms with Gasteiger partial charge >= 0.3 is 0 Å². The van der Waals surface area contributed by atoms with E-state index in [0.29, 0.717) is 23.1 Å². The Bertz CT molecular complexity index is 595. The van der Waals surface area contributed by atoms with Crippen molar-refractivity contribution >= 4 is 17.5 Å². The van der Waals surface area contributed by atoms with Gasteiger partial charge in [-0.2, -0.15) is 0 Å².